The number of rotatable bonds is 1. The van der Waals surface area contributed by atoms with Crippen LogP contribution in [0.5, 0.6) is 0 Å². The Hall–Kier alpha value is -2.17. The number of hydrogen-bond acceptors (Lipinski definition) is 5. The summed E-state index contributed by atoms with van der Waals surface area (Å²) in [4.78, 5) is 37.9. The average molecular weight is 305 g/mol. The first-order valence-corrected chi connectivity index (χ1v) is 7.18. The molecule has 1 saturated heterocycles. The van der Waals surface area contributed by atoms with Gasteiger partial charge in [0.1, 0.15) is 12.1 Å². The molecule has 2 rings (SSSR count). The predicted molar refractivity (Wildman–Crippen MR) is 78.5 cm³/mol. The lowest BCUT2D eigenvalue weighted by Crippen LogP contribution is -2.65. The standard InChI is InChI=1S/C14H15N3O3S/c1-14(2)13(20)16-11(18)7-17(14)12(19)9-6-10(21-8-9)4-3-5-15/h6,8H,5,7,15H2,1-2H3,(H,16,18,20). The van der Waals surface area contributed by atoms with Gasteiger partial charge in [-0.05, 0) is 19.9 Å². The molecule has 0 aliphatic carbocycles. The molecule has 110 valence electrons. The van der Waals surface area contributed by atoms with Gasteiger partial charge < -0.3 is 10.6 Å². The number of thiophene rings is 1. The Labute approximate surface area is 126 Å². The van der Waals surface area contributed by atoms with Crippen molar-refractivity contribution in [2.45, 2.75) is 19.4 Å². The zero-order valence-electron chi connectivity index (χ0n) is 11.7. The molecule has 1 aromatic rings. The van der Waals surface area contributed by atoms with Crippen molar-refractivity contribution in [2.75, 3.05) is 13.1 Å². The normalized spacial score (nSPS) is 17.0. The Balaban J connectivity index is 2.28. The summed E-state index contributed by atoms with van der Waals surface area (Å²) in [5.41, 5.74) is 4.64. The van der Waals surface area contributed by atoms with Crippen molar-refractivity contribution < 1.29 is 14.4 Å². The molecule has 0 atom stereocenters. The van der Waals surface area contributed by atoms with Gasteiger partial charge in [0.25, 0.3) is 11.8 Å². The molecule has 3 N–H and O–H groups in total. The van der Waals surface area contributed by atoms with Crippen molar-refractivity contribution >= 4 is 29.1 Å². The molecule has 0 unspecified atom stereocenters. The van der Waals surface area contributed by atoms with Gasteiger partial charge in [-0.3, -0.25) is 19.7 Å². The maximum Gasteiger partial charge on any atom is 0.256 e. The molecular formula is C14H15N3O3S. The molecule has 0 aromatic carbocycles. The van der Waals surface area contributed by atoms with Gasteiger partial charge in [0.2, 0.25) is 5.91 Å². The second kappa shape index (κ2) is 5.68. The van der Waals surface area contributed by atoms with E-state index in [4.69, 9.17) is 5.73 Å². The lowest BCUT2D eigenvalue weighted by atomic mass is 9.98. The van der Waals surface area contributed by atoms with Crippen LogP contribution in [0, 0.1) is 11.8 Å². The van der Waals surface area contributed by atoms with Crippen molar-refractivity contribution in [3.63, 3.8) is 0 Å². The van der Waals surface area contributed by atoms with Gasteiger partial charge in [0, 0.05) is 5.38 Å². The number of nitrogens with two attached hydrogens (primary N) is 1. The third-order valence-electron chi connectivity index (χ3n) is 3.19. The van der Waals surface area contributed by atoms with Crippen LogP contribution >= 0.6 is 11.3 Å². The third-order valence-corrected chi connectivity index (χ3v) is 4.04. The lowest BCUT2D eigenvalue weighted by Gasteiger charge is -2.39. The number of piperazine rings is 1. The highest BCUT2D eigenvalue weighted by Gasteiger charge is 2.43. The van der Waals surface area contributed by atoms with Crippen LogP contribution in [0.3, 0.4) is 0 Å². The minimum Gasteiger partial charge on any atom is -0.320 e. The van der Waals surface area contributed by atoms with Crippen molar-refractivity contribution in [3.05, 3.63) is 21.9 Å². The molecule has 0 bridgehead atoms. The zero-order valence-corrected chi connectivity index (χ0v) is 12.5. The van der Waals surface area contributed by atoms with Crippen LogP contribution in [0.4, 0.5) is 0 Å². The molecule has 0 radical (unpaired) electrons. The molecule has 6 nitrogen and oxygen atoms in total. The van der Waals surface area contributed by atoms with Crippen molar-refractivity contribution in [1.29, 1.82) is 0 Å². The smallest absolute Gasteiger partial charge is 0.256 e. The van der Waals surface area contributed by atoms with Crippen LogP contribution in [0.1, 0.15) is 29.1 Å². The Morgan fingerprint density at radius 1 is 1.52 bits per heavy atom. The summed E-state index contributed by atoms with van der Waals surface area (Å²) in [6.07, 6.45) is 0. The monoisotopic (exact) mass is 305 g/mol. The Bertz CT molecular complexity index is 666. The number of carbonyl (C=O) groups is 3. The molecule has 3 amide bonds. The second-order valence-electron chi connectivity index (χ2n) is 5.03. The molecule has 0 saturated carbocycles. The number of amides is 3. The minimum absolute atomic E-state index is 0.142. The van der Waals surface area contributed by atoms with E-state index < -0.39 is 17.4 Å². The van der Waals surface area contributed by atoms with E-state index in [1.54, 1.807) is 25.3 Å². The van der Waals surface area contributed by atoms with Gasteiger partial charge in [-0.1, -0.05) is 11.8 Å². The first kappa shape index (κ1) is 15.2. The molecule has 1 aliphatic rings. The average Bonchev–Trinajstić information content (AvgIpc) is 2.89. The van der Waals surface area contributed by atoms with Crippen LogP contribution in [0.25, 0.3) is 0 Å². The Kier molecular flexibility index (Phi) is 4.11. The highest BCUT2D eigenvalue weighted by atomic mass is 32.1. The van der Waals surface area contributed by atoms with E-state index >= 15 is 0 Å². The zero-order chi connectivity index (χ0) is 15.6. The van der Waals surface area contributed by atoms with Crippen LogP contribution in [0.2, 0.25) is 0 Å². The highest BCUT2D eigenvalue weighted by molar-refractivity contribution is 7.10. The summed E-state index contributed by atoms with van der Waals surface area (Å²) in [5, 5.41) is 3.90. The third kappa shape index (κ3) is 2.96. The van der Waals surface area contributed by atoms with E-state index in [1.807, 2.05) is 0 Å². The second-order valence-corrected chi connectivity index (χ2v) is 5.94. The Morgan fingerprint density at radius 2 is 2.24 bits per heavy atom. The number of hydrogen-bond donors (Lipinski definition) is 2. The van der Waals surface area contributed by atoms with Gasteiger partial charge in [-0.2, -0.15) is 0 Å². The molecule has 0 spiro atoms. The van der Waals surface area contributed by atoms with Gasteiger partial charge in [-0.25, -0.2) is 0 Å². The van der Waals surface area contributed by atoms with Crippen LogP contribution in [-0.4, -0.2) is 41.2 Å². The fourth-order valence-electron chi connectivity index (χ4n) is 1.92. The molecule has 2 heterocycles. The fourth-order valence-corrected chi connectivity index (χ4v) is 2.67. The van der Waals surface area contributed by atoms with E-state index in [0.29, 0.717) is 5.56 Å². The summed E-state index contributed by atoms with van der Waals surface area (Å²) in [5.74, 6) is 4.24. The maximum atomic E-state index is 12.5. The molecule has 7 heteroatoms. The minimum atomic E-state index is -1.07. The maximum absolute atomic E-state index is 12.5. The van der Waals surface area contributed by atoms with E-state index in [2.05, 4.69) is 17.2 Å². The summed E-state index contributed by atoms with van der Waals surface area (Å²) in [7, 11) is 0. The molecule has 1 aromatic heterocycles. The molecular weight excluding hydrogens is 290 g/mol. The van der Waals surface area contributed by atoms with Gasteiger partial charge in [0.15, 0.2) is 0 Å². The van der Waals surface area contributed by atoms with E-state index in [-0.39, 0.29) is 19.0 Å². The van der Waals surface area contributed by atoms with Gasteiger partial charge >= 0.3 is 0 Å². The number of nitrogens with zero attached hydrogens (tertiary/aromatic N) is 1. The fraction of sp³-hybridized carbons (Fsp3) is 0.357. The first-order chi connectivity index (χ1) is 9.86. The summed E-state index contributed by atoms with van der Waals surface area (Å²) >= 11 is 1.32. The number of nitrogens with one attached hydrogen (secondary N) is 1. The van der Waals surface area contributed by atoms with Gasteiger partial charge in [0.05, 0.1) is 17.0 Å². The summed E-state index contributed by atoms with van der Waals surface area (Å²) < 4.78 is 0. The number of carbonyl (C=O) groups excluding carboxylic acids is 3. The Morgan fingerprint density at radius 3 is 2.90 bits per heavy atom. The van der Waals surface area contributed by atoms with Crippen LogP contribution in [-0.2, 0) is 9.59 Å². The molecule has 21 heavy (non-hydrogen) atoms. The van der Waals surface area contributed by atoms with E-state index in [0.717, 1.165) is 4.88 Å². The topological polar surface area (TPSA) is 92.5 Å². The summed E-state index contributed by atoms with van der Waals surface area (Å²) in [6.45, 7) is 3.31. The largest absolute Gasteiger partial charge is 0.320 e. The quantitative estimate of drug-likeness (QED) is 0.561. The molecule has 1 aliphatic heterocycles. The van der Waals surface area contributed by atoms with Gasteiger partial charge in [-0.15, -0.1) is 11.3 Å². The highest BCUT2D eigenvalue weighted by Crippen LogP contribution is 2.23. The predicted octanol–water partition coefficient (Wildman–Crippen LogP) is -0.0645. The lowest BCUT2D eigenvalue weighted by molar-refractivity contribution is -0.143. The van der Waals surface area contributed by atoms with Crippen LogP contribution < -0.4 is 11.1 Å². The SMILES string of the molecule is CC1(C)C(=O)NC(=O)CN1C(=O)c1csc(C#CCN)c1. The van der Waals surface area contributed by atoms with Crippen molar-refractivity contribution in [2.24, 2.45) is 5.73 Å². The van der Waals surface area contributed by atoms with E-state index in [9.17, 15) is 14.4 Å². The first-order valence-electron chi connectivity index (χ1n) is 6.30. The number of imide groups is 1. The van der Waals surface area contributed by atoms with Crippen molar-refractivity contribution in [3.8, 4) is 11.8 Å². The van der Waals surface area contributed by atoms with E-state index in [1.165, 1.54) is 16.2 Å². The summed E-state index contributed by atoms with van der Waals surface area (Å²) in [6, 6.07) is 1.64. The van der Waals surface area contributed by atoms with Crippen LogP contribution in [0.15, 0.2) is 11.4 Å². The molecule has 1 fully saturated rings. The van der Waals surface area contributed by atoms with Crippen molar-refractivity contribution in [1.82, 2.24) is 10.2 Å².